The Morgan fingerprint density at radius 3 is 2.21 bits per heavy atom. The molecule has 0 aromatic heterocycles. The topological polar surface area (TPSA) is 48.8 Å². The molecule has 0 fully saturated rings. The first-order valence-corrected chi connectivity index (χ1v) is 6.22. The molecule has 98 valence electrons. The molecule has 4 heteroatoms. The van der Waals surface area contributed by atoms with Crippen LogP contribution in [-0.2, 0) is 0 Å². The van der Waals surface area contributed by atoms with Crippen molar-refractivity contribution >= 4 is 22.7 Å². The highest BCUT2D eigenvalue weighted by Crippen LogP contribution is 2.33. The maximum absolute atomic E-state index is 4.32. The van der Waals surface area contributed by atoms with Crippen LogP contribution >= 0.6 is 0 Å². The average molecular weight is 254 g/mol. The van der Waals surface area contributed by atoms with E-state index in [2.05, 4.69) is 20.9 Å². The molecular weight excluding hydrogens is 236 g/mol. The summed E-state index contributed by atoms with van der Waals surface area (Å²) in [5, 5.41) is 14.9. The molecular formula is C15H18N4. The Hall–Kier alpha value is -2.36. The molecule has 0 heterocycles. The molecule has 4 nitrogen and oxygen atoms in total. The summed E-state index contributed by atoms with van der Waals surface area (Å²) in [6.45, 7) is 2.03. The zero-order chi connectivity index (χ0) is 13.7. The van der Waals surface area contributed by atoms with Crippen molar-refractivity contribution in [1.29, 1.82) is 0 Å². The van der Waals surface area contributed by atoms with Crippen molar-refractivity contribution in [2.45, 2.75) is 6.92 Å². The van der Waals surface area contributed by atoms with Gasteiger partial charge in [0.2, 0.25) is 0 Å². The Kier molecular flexibility index (Phi) is 4.13. The smallest absolute Gasteiger partial charge is 0.0908 e. The van der Waals surface area contributed by atoms with Crippen LogP contribution in [0.25, 0.3) is 0 Å². The maximum atomic E-state index is 4.32. The number of azo groups is 1. The number of benzene rings is 2. The lowest BCUT2D eigenvalue weighted by Gasteiger charge is -2.13. The van der Waals surface area contributed by atoms with E-state index in [4.69, 9.17) is 0 Å². The second kappa shape index (κ2) is 6.00. The highest BCUT2D eigenvalue weighted by Gasteiger charge is 2.07. The molecule has 0 atom stereocenters. The lowest BCUT2D eigenvalue weighted by Crippen LogP contribution is -1.98. The van der Waals surface area contributed by atoms with Crippen LogP contribution in [-0.4, -0.2) is 14.1 Å². The molecule has 0 saturated heterocycles. The van der Waals surface area contributed by atoms with E-state index in [1.165, 1.54) is 0 Å². The fourth-order valence-corrected chi connectivity index (χ4v) is 1.95. The first kappa shape index (κ1) is 13.1. The summed E-state index contributed by atoms with van der Waals surface area (Å²) in [4.78, 5) is 0. The molecule has 0 amide bonds. The number of hydrogen-bond donors (Lipinski definition) is 2. The predicted octanol–water partition coefficient (Wildman–Crippen LogP) is 4.49. The van der Waals surface area contributed by atoms with Crippen molar-refractivity contribution in [2.75, 3.05) is 24.7 Å². The van der Waals surface area contributed by atoms with Gasteiger partial charge in [0, 0.05) is 19.7 Å². The summed E-state index contributed by atoms with van der Waals surface area (Å²) in [7, 11) is 3.81. The average Bonchev–Trinajstić information content (AvgIpc) is 2.46. The quantitative estimate of drug-likeness (QED) is 0.789. The Labute approximate surface area is 113 Å². The standard InChI is InChI=1S/C15H18N4/c1-11-13(9-10-14(16-2)15(11)17-3)19-18-12-7-5-4-6-8-12/h4-10,16-17H,1-3H3. The van der Waals surface area contributed by atoms with Gasteiger partial charge in [-0.1, -0.05) is 18.2 Å². The van der Waals surface area contributed by atoms with Crippen LogP contribution in [0, 0.1) is 6.92 Å². The first-order valence-electron chi connectivity index (χ1n) is 6.22. The molecule has 2 aromatic rings. The summed E-state index contributed by atoms with van der Waals surface area (Å²) in [6, 6.07) is 13.7. The molecule has 2 aromatic carbocycles. The Bertz CT molecular complexity index is 576. The highest BCUT2D eigenvalue weighted by atomic mass is 15.1. The molecule has 2 N–H and O–H groups in total. The molecule has 0 spiro atoms. The number of anilines is 2. The van der Waals surface area contributed by atoms with Crippen molar-refractivity contribution in [3.63, 3.8) is 0 Å². The van der Waals surface area contributed by atoms with E-state index < -0.39 is 0 Å². The van der Waals surface area contributed by atoms with Gasteiger partial charge in [-0.25, -0.2) is 0 Å². The lowest BCUT2D eigenvalue weighted by molar-refractivity contribution is 1.21. The third kappa shape index (κ3) is 2.91. The number of rotatable bonds is 4. The number of nitrogens with one attached hydrogen (secondary N) is 2. The van der Waals surface area contributed by atoms with E-state index in [1.54, 1.807) is 0 Å². The minimum Gasteiger partial charge on any atom is -0.386 e. The molecule has 0 saturated carbocycles. The fraction of sp³-hybridized carbons (Fsp3) is 0.200. The minimum absolute atomic E-state index is 0.852. The van der Waals surface area contributed by atoms with Crippen LogP contribution in [0.1, 0.15) is 5.56 Å². The zero-order valence-electron chi connectivity index (χ0n) is 11.4. The van der Waals surface area contributed by atoms with Gasteiger partial charge in [0.15, 0.2) is 0 Å². The molecule has 0 aliphatic heterocycles. The normalized spacial score (nSPS) is 10.7. The van der Waals surface area contributed by atoms with Crippen molar-refractivity contribution in [1.82, 2.24) is 0 Å². The fourth-order valence-electron chi connectivity index (χ4n) is 1.95. The monoisotopic (exact) mass is 254 g/mol. The highest BCUT2D eigenvalue weighted by molar-refractivity contribution is 5.77. The molecule has 19 heavy (non-hydrogen) atoms. The van der Waals surface area contributed by atoms with Crippen molar-refractivity contribution in [3.8, 4) is 0 Å². The summed E-state index contributed by atoms with van der Waals surface area (Å²) < 4.78 is 0. The van der Waals surface area contributed by atoms with E-state index >= 15 is 0 Å². The second-order valence-electron chi connectivity index (χ2n) is 4.17. The molecule has 0 aliphatic rings. The SMILES string of the molecule is CNc1ccc(N=Nc2ccccc2)c(C)c1NC. The molecule has 0 aliphatic carbocycles. The minimum atomic E-state index is 0.852. The lowest BCUT2D eigenvalue weighted by atomic mass is 10.1. The maximum Gasteiger partial charge on any atom is 0.0908 e. The van der Waals surface area contributed by atoms with Crippen molar-refractivity contribution in [3.05, 3.63) is 48.0 Å². The van der Waals surface area contributed by atoms with Gasteiger partial charge in [-0.3, -0.25) is 0 Å². The van der Waals surface area contributed by atoms with E-state index in [0.717, 1.165) is 28.3 Å². The van der Waals surface area contributed by atoms with Crippen LogP contribution in [0.4, 0.5) is 22.7 Å². The van der Waals surface area contributed by atoms with Crippen LogP contribution < -0.4 is 10.6 Å². The van der Waals surface area contributed by atoms with Gasteiger partial charge in [0.1, 0.15) is 0 Å². The van der Waals surface area contributed by atoms with Crippen molar-refractivity contribution in [2.24, 2.45) is 10.2 Å². The van der Waals surface area contributed by atoms with Gasteiger partial charge < -0.3 is 10.6 Å². The predicted molar refractivity (Wildman–Crippen MR) is 80.9 cm³/mol. The summed E-state index contributed by atoms with van der Waals surface area (Å²) in [5.41, 5.74) is 4.90. The van der Waals surface area contributed by atoms with Gasteiger partial charge in [0.25, 0.3) is 0 Å². The van der Waals surface area contributed by atoms with Gasteiger partial charge in [-0.2, -0.15) is 10.2 Å². The Morgan fingerprint density at radius 1 is 0.842 bits per heavy atom. The van der Waals surface area contributed by atoms with Gasteiger partial charge in [0.05, 0.1) is 22.7 Å². The molecule has 0 radical (unpaired) electrons. The van der Waals surface area contributed by atoms with Gasteiger partial charge in [-0.15, -0.1) is 0 Å². The molecule has 2 rings (SSSR count). The largest absolute Gasteiger partial charge is 0.386 e. The van der Waals surface area contributed by atoms with Gasteiger partial charge in [-0.05, 0) is 31.2 Å². The number of nitrogens with zero attached hydrogens (tertiary/aromatic N) is 2. The number of hydrogen-bond acceptors (Lipinski definition) is 4. The van der Waals surface area contributed by atoms with E-state index in [1.807, 2.05) is 63.5 Å². The zero-order valence-corrected chi connectivity index (χ0v) is 11.4. The molecule has 0 bridgehead atoms. The van der Waals surface area contributed by atoms with Gasteiger partial charge >= 0.3 is 0 Å². The van der Waals surface area contributed by atoms with E-state index in [0.29, 0.717) is 0 Å². The van der Waals surface area contributed by atoms with E-state index in [9.17, 15) is 0 Å². The van der Waals surface area contributed by atoms with E-state index in [-0.39, 0.29) is 0 Å². The Morgan fingerprint density at radius 2 is 1.58 bits per heavy atom. The summed E-state index contributed by atoms with van der Waals surface area (Å²) >= 11 is 0. The second-order valence-corrected chi connectivity index (χ2v) is 4.17. The van der Waals surface area contributed by atoms with Crippen molar-refractivity contribution < 1.29 is 0 Å². The Balaban J connectivity index is 2.34. The third-order valence-corrected chi connectivity index (χ3v) is 2.99. The van der Waals surface area contributed by atoms with Crippen LogP contribution in [0.5, 0.6) is 0 Å². The summed E-state index contributed by atoms with van der Waals surface area (Å²) in [5.74, 6) is 0. The van der Waals surface area contributed by atoms with Crippen LogP contribution in [0.3, 0.4) is 0 Å². The third-order valence-electron chi connectivity index (χ3n) is 2.99. The first-order chi connectivity index (χ1) is 9.26. The van der Waals surface area contributed by atoms with Crippen LogP contribution in [0.2, 0.25) is 0 Å². The summed E-state index contributed by atoms with van der Waals surface area (Å²) in [6.07, 6.45) is 0. The van der Waals surface area contributed by atoms with Crippen LogP contribution in [0.15, 0.2) is 52.7 Å². The molecule has 0 unspecified atom stereocenters.